The standard InChI is InChI=1S/C28H24FNO6/c1-15(28(32)33-2)21-14-34-26-12-18(3-5-19(21)26)36-25-9-6-20-24(10-7-22(29)27(20)25)35-17-4-8-23(31)16(11-17)13-30/h3-5,7-8,10-12,15,21,25,31H,6,9,14H2,1-2H3. The average Bonchev–Trinajstić information content (AvgIpc) is 3.50. The van der Waals surface area contributed by atoms with E-state index in [4.69, 9.17) is 24.2 Å². The molecule has 3 unspecified atom stereocenters. The number of nitrogens with zero attached hydrogens (tertiary/aromatic N) is 1. The van der Waals surface area contributed by atoms with Gasteiger partial charge in [0.05, 0.1) is 25.2 Å². The molecular formula is C28H24FNO6. The van der Waals surface area contributed by atoms with Crippen molar-refractivity contribution in [2.75, 3.05) is 13.7 Å². The van der Waals surface area contributed by atoms with Crippen LogP contribution in [0.5, 0.6) is 28.7 Å². The molecule has 3 aromatic carbocycles. The van der Waals surface area contributed by atoms with Crippen LogP contribution < -0.4 is 14.2 Å². The number of fused-ring (bicyclic) bond motifs is 2. The van der Waals surface area contributed by atoms with Crippen LogP contribution in [0, 0.1) is 23.1 Å². The summed E-state index contributed by atoms with van der Waals surface area (Å²) in [6.07, 6.45) is 0.601. The highest BCUT2D eigenvalue weighted by Crippen LogP contribution is 2.45. The monoisotopic (exact) mass is 489 g/mol. The van der Waals surface area contributed by atoms with Gasteiger partial charge in [0.15, 0.2) is 0 Å². The highest BCUT2D eigenvalue weighted by molar-refractivity contribution is 5.73. The fourth-order valence-electron chi connectivity index (χ4n) is 4.87. The summed E-state index contributed by atoms with van der Waals surface area (Å²) in [6, 6.07) is 14.6. The Morgan fingerprint density at radius 2 is 2.00 bits per heavy atom. The van der Waals surface area contributed by atoms with E-state index in [-0.39, 0.29) is 34.9 Å². The zero-order valence-corrected chi connectivity index (χ0v) is 19.8. The number of carbonyl (C=O) groups excluding carboxylic acids is 1. The van der Waals surface area contributed by atoms with Gasteiger partial charge >= 0.3 is 5.97 Å². The quantitative estimate of drug-likeness (QED) is 0.454. The molecule has 3 aromatic rings. The minimum absolute atomic E-state index is 0.0921. The Hall–Kier alpha value is -4.25. The number of aromatic hydroxyl groups is 1. The maximum absolute atomic E-state index is 14.9. The lowest BCUT2D eigenvalue weighted by molar-refractivity contribution is -0.145. The summed E-state index contributed by atoms with van der Waals surface area (Å²) in [5, 5.41) is 18.9. The molecule has 8 heteroatoms. The molecule has 1 aliphatic carbocycles. The van der Waals surface area contributed by atoms with Crippen molar-refractivity contribution in [3.63, 3.8) is 0 Å². The number of hydrogen-bond donors (Lipinski definition) is 1. The van der Waals surface area contributed by atoms with Crippen LogP contribution in [0.4, 0.5) is 4.39 Å². The maximum atomic E-state index is 14.9. The van der Waals surface area contributed by atoms with E-state index in [1.807, 2.05) is 19.1 Å². The summed E-state index contributed by atoms with van der Waals surface area (Å²) in [5.74, 6) is 0.787. The molecule has 1 aliphatic heterocycles. The summed E-state index contributed by atoms with van der Waals surface area (Å²) >= 11 is 0. The van der Waals surface area contributed by atoms with E-state index in [2.05, 4.69) is 0 Å². The number of halogens is 1. The predicted octanol–water partition coefficient (Wildman–Crippen LogP) is 5.55. The molecule has 0 saturated carbocycles. The van der Waals surface area contributed by atoms with Gasteiger partial charge in [0.2, 0.25) is 0 Å². The summed E-state index contributed by atoms with van der Waals surface area (Å²) in [6.45, 7) is 2.19. The van der Waals surface area contributed by atoms with Crippen LogP contribution in [0.15, 0.2) is 48.5 Å². The van der Waals surface area contributed by atoms with E-state index in [1.165, 1.54) is 25.3 Å². The van der Waals surface area contributed by atoms with Crippen LogP contribution in [0.1, 0.15) is 47.6 Å². The van der Waals surface area contributed by atoms with Crippen molar-refractivity contribution in [1.82, 2.24) is 0 Å². The van der Waals surface area contributed by atoms with E-state index in [0.717, 1.165) is 5.56 Å². The number of esters is 1. The van der Waals surface area contributed by atoms with Gasteiger partial charge in [-0.1, -0.05) is 13.0 Å². The number of methoxy groups -OCH3 is 1. The Morgan fingerprint density at radius 3 is 2.78 bits per heavy atom. The largest absolute Gasteiger partial charge is 0.507 e. The van der Waals surface area contributed by atoms with Crippen molar-refractivity contribution in [2.45, 2.75) is 31.8 Å². The Morgan fingerprint density at radius 1 is 1.19 bits per heavy atom. The van der Waals surface area contributed by atoms with Crippen LogP contribution in [-0.4, -0.2) is 24.8 Å². The highest BCUT2D eigenvalue weighted by atomic mass is 19.1. The van der Waals surface area contributed by atoms with Gasteiger partial charge in [-0.15, -0.1) is 0 Å². The van der Waals surface area contributed by atoms with Gasteiger partial charge in [-0.3, -0.25) is 4.79 Å². The van der Waals surface area contributed by atoms with Crippen LogP contribution in [0.3, 0.4) is 0 Å². The molecule has 0 saturated heterocycles. The van der Waals surface area contributed by atoms with Crippen molar-refractivity contribution in [2.24, 2.45) is 5.92 Å². The lowest BCUT2D eigenvalue weighted by Crippen LogP contribution is -2.21. The Labute approximate surface area is 207 Å². The topological polar surface area (TPSA) is 98.0 Å². The summed E-state index contributed by atoms with van der Waals surface area (Å²) in [4.78, 5) is 12.0. The minimum atomic E-state index is -0.512. The van der Waals surface area contributed by atoms with Gasteiger partial charge in [-0.25, -0.2) is 4.39 Å². The van der Waals surface area contributed by atoms with E-state index < -0.39 is 6.10 Å². The van der Waals surface area contributed by atoms with Gasteiger partial charge < -0.3 is 24.1 Å². The first-order chi connectivity index (χ1) is 17.4. The zero-order chi connectivity index (χ0) is 25.4. The number of hydrogen-bond acceptors (Lipinski definition) is 7. The third-order valence-electron chi connectivity index (χ3n) is 6.81. The predicted molar refractivity (Wildman–Crippen MR) is 127 cm³/mol. The molecule has 0 amide bonds. The Kier molecular flexibility index (Phi) is 6.15. The van der Waals surface area contributed by atoms with E-state index in [9.17, 15) is 14.3 Å². The third kappa shape index (κ3) is 4.17. The fraction of sp³-hybridized carbons (Fsp3) is 0.286. The molecule has 1 N–H and O–H groups in total. The van der Waals surface area contributed by atoms with E-state index in [0.29, 0.717) is 53.6 Å². The second-order valence-electron chi connectivity index (χ2n) is 8.90. The molecule has 0 fully saturated rings. The number of rotatable bonds is 6. The van der Waals surface area contributed by atoms with Gasteiger partial charge in [0.1, 0.15) is 46.7 Å². The Bertz CT molecular complexity index is 1380. The van der Waals surface area contributed by atoms with Crippen LogP contribution in [0.2, 0.25) is 0 Å². The second-order valence-corrected chi connectivity index (χ2v) is 8.90. The first-order valence-electron chi connectivity index (χ1n) is 11.6. The van der Waals surface area contributed by atoms with Crippen molar-refractivity contribution < 1.29 is 33.2 Å². The van der Waals surface area contributed by atoms with Gasteiger partial charge in [0.25, 0.3) is 0 Å². The van der Waals surface area contributed by atoms with E-state index in [1.54, 1.807) is 24.3 Å². The maximum Gasteiger partial charge on any atom is 0.309 e. The van der Waals surface area contributed by atoms with Crippen LogP contribution in [0.25, 0.3) is 0 Å². The number of phenolic OH excluding ortho intramolecular Hbond substituents is 1. The molecular weight excluding hydrogens is 465 g/mol. The van der Waals surface area contributed by atoms with Crippen molar-refractivity contribution in [3.05, 3.63) is 76.6 Å². The molecule has 0 bridgehead atoms. The minimum Gasteiger partial charge on any atom is -0.507 e. The first kappa shape index (κ1) is 23.5. The lowest BCUT2D eigenvalue weighted by atomic mass is 9.89. The van der Waals surface area contributed by atoms with Crippen molar-refractivity contribution in [3.8, 4) is 34.8 Å². The number of phenols is 1. The average molecular weight is 489 g/mol. The zero-order valence-electron chi connectivity index (χ0n) is 19.8. The molecule has 0 aromatic heterocycles. The molecule has 184 valence electrons. The first-order valence-corrected chi connectivity index (χ1v) is 11.6. The van der Waals surface area contributed by atoms with Gasteiger partial charge in [-0.05, 0) is 43.2 Å². The van der Waals surface area contributed by atoms with Crippen molar-refractivity contribution >= 4 is 5.97 Å². The normalized spacial score (nSPS) is 18.4. The van der Waals surface area contributed by atoms with Crippen LogP contribution >= 0.6 is 0 Å². The SMILES string of the molecule is COC(=O)C(C)C1COc2cc(OC3CCc4c(Oc5ccc(O)c(C#N)c5)ccc(F)c43)ccc21. The smallest absolute Gasteiger partial charge is 0.309 e. The van der Waals surface area contributed by atoms with Crippen LogP contribution in [-0.2, 0) is 16.0 Å². The van der Waals surface area contributed by atoms with E-state index >= 15 is 0 Å². The fourth-order valence-corrected chi connectivity index (χ4v) is 4.87. The molecule has 3 atom stereocenters. The van der Waals surface area contributed by atoms with Crippen molar-refractivity contribution in [1.29, 1.82) is 5.26 Å². The summed E-state index contributed by atoms with van der Waals surface area (Å²) in [7, 11) is 1.37. The van der Waals surface area contributed by atoms with Gasteiger partial charge in [0, 0.05) is 34.7 Å². The second kappa shape index (κ2) is 9.42. The lowest BCUT2D eigenvalue weighted by Gasteiger charge is -2.18. The molecule has 36 heavy (non-hydrogen) atoms. The molecule has 7 nitrogen and oxygen atoms in total. The Balaban J connectivity index is 1.37. The van der Waals surface area contributed by atoms with Gasteiger partial charge in [-0.2, -0.15) is 5.26 Å². The number of benzene rings is 3. The molecule has 2 aliphatic rings. The highest BCUT2D eigenvalue weighted by Gasteiger charge is 2.35. The molecule has 5 rings (SSSR count). The third-order valence-corrected chi connectivity index (χ3v) is 6.81. The molecule has 0 radical (unpaired) electrons. The molecule has 1 heterocycles. The summed E-state index contributed by atoms with van der Waals surface area (Å²) in [5.41, 5.74) is 2.15. The number of nitriles is 1. The number of ether oxygens (including phenoxy) is 4. The number of carbonyl (C=O) groups is 1. The molecule has 0 spiro atoms. The summed E-state index contributed by atoms with van der Waals surface area (Å²) < 4.78 is 37.7.